The predicted molar refractivity (Wildman–Crippen MR) is 395 cm³/mol. The summed E-state index contributed by atoms with van der Waals surface area (Å²) in [6, 6.07) is 0. The molecule has 0 saturated heterocycles. The number of hydrogen-bond donors (Lipinski definition) is 3. The van der Waals surface area contributed by atoms with Crippen LogP contribution in [0.25, 0.3) is 0 Å². The van der Waals surface area contributed by atoms with Crippen LogP contribution in [0.2, 0.25) is 0 Å². The second kappa shape index (κ2) is 68.5. The molecule has 19 heteroatoms. The molecule has 0 aliphatic carbocycles. The van der Waals surface area contributed by atoms with Crippen molar-refractivity contribution >= 4 is 39.5 Å². The van der Waals surface area contributed by atoms with E-state index in [-0.39, 0.29) is 25.7 Å². The lowest BCUT2D eigenvalue weighted by Gasteiger charge is -2.21. The van der Waals surface area contributed by atoms with Crippen LogP contribution in [0.5, 0.6) is 0 Å². The van der Waals surface area contributed by atoms with Crippen molar-refractivity contribution in [2.75, 3.05) is 39.6 Å². The van der Waals surface area contributed by atoms with E-state index < -0.39 is 97.5 Å². The Hall–Kier alpha value is -1.94. The van der Waals surface area contributed by atoms with Gasteiger partial charge in [-0.25, -0.2) is 9.13 Å². The van der Waals surface area contributed by atoms with Crippen LogP contribution in [-0.4, -0.2) is 96.7 Å². The lowest BCUT2D eigenvalue weighted by atomic mass is 10.0. The first-order valence-electron chi connectivity index (χ1n) is 40.3. The molecule has 0 aliphatic heterocycles. The number of carbonyl (C=O) groups is 4. The van der Waals surface area contributed by atoms with Crippen LogP contribution >= 0.6 is 15.6 Å². The first-order valence-corrected chi connectivity index (χ1v) is 43.3. The van der Waals surface area contributed by atoms with E-state index in [1.54, 1.807) is 0 Å². The lowest BCUT2D eigenvalue weighted by molar-refractivity contribution is -0.161. The molecule has 5 atom stereocenters. The van der Waals surface area contributed by atoms with Gasteiger partial charge in [-0.2, -0.15) is 0 Å². The first kappa shape index (κ1) is 95.1. The summed E-state index contributed by atoms with van der Waals surface area (Å²) >= 11 is 0. The zero-order chi connectivity index (χ0) is 71.6. The van der Waals surface area contributed by atoms with Gasteiger partial charge in [0.25, 0.3) is 0 Å². The second-order valence-electron chi connectivity index (χ2n) is 29.5. The van der Waals surface area contributed by atoms with Gasteiger partial charge in [0.2, 0.25) is 0 Å². The summed E-state index contributed by atoms with van der Waals surface area (Å²) in [7, 11) is -9.92. The summed E-state index contributed by atoms with van der Waals surface area (Å²) in [6.45, 7) is 11.9. The highest BCUT2D eigenvalue weighted by Gasteiger charge is 2.30. The fourth-order valence-corrected chi connectivity index (χ4v) is 13.5. The molecule has 0 aromatic heterocycles. The SMILES string of the molecule is CCCCCCCCCCCCCCCCCCC(=O)O[C@H](COC(=O)CCCCCCCCCCCCCC(C)C)COP(=O)(O)OC[C@@H](O)COP(=O)(O)OC[C@@H](COC(=O)CCCCCCCCCCCCC(C)C)OC(=O)CCCCCCCCCCCCCC(C)C. The molecule has 0 aromatic carbocycles. The Morgan fingerprint density at radius 2 is 0.474 bits per heavy atom. The van der Waals surface area contributed by atoms with Crippen molar-refractivity contribution in [2.45, 2.75) is 420 Å². The average molecular weight is 1420 g/mol. The number of rotatable bonds is 76. The smallest absolute Gasteiger partial charge is 0.462 e. The van der Waals surface area contributed by atoms with Gasteiger partial charge >= 0.3 is 39.5 Å². The summed E-state index contributed by atoms with van der Waals surface area (Å²) in [5, 5.41) is 10.6. The number of aliphatic hydroxyl groups excluding tert-OH is 1. The molecule has 0 aliphatic rings. The van der Waals surface area contributed by atoms with Gasteiger partial charge in [-0.1, -0.05) is 350 Å². The number of aliphatic hydroxyl groups is 1. The molecule has 0 spiro atoms. The molecule has 0 heterocycles. The summed E-state index contributed by atoms with van der Waals surface area (Å²) in [5.41, 5.74) is 0. The largest absolute Gasteiger partial charge is 0.472 e. The van der Waals surface area contributed by atoms with Crippen LogP contribution in [-0.2, 0) is 65.4 Å². The van der Waals surface area contributed by atoms with Gasteiger partial charge in [0, 0.05) is 25.7 Å². The number of esters is 4. The molecule has 0 bridgehead atoms. The van der Waals surface area contributed by atoms with Crippen molar-refractivity contribution in [3.05, 3.63) is 0 Å². The quantitative estimate of drug-likeness (QED) is 0.0222. The molecule has 0 radical (unpaired) electrons. The summed E-state index contributed by atoms with van der Waals surface area (Å²) < 4.78 is 68.7. The molecule has 0 fully saturated rings. The van der Waals surface area contributed by atoms with Gasteiger partial charge in [-0.05, 0) is 43.4 Å². The summed E-state index contributed by atoms with van der Waals surface area (Å²) in [5.74, 6) is 0.182. The van der Waals surface area contributed by atoms with Crippen molar-refractivity contribution in [1.82, 2.24) is 0 Å². The maximum Gasteiger partial charge on any atom is 0.472 e. The first-order chi connectivity index (χ1) is 46.7. The van der Waals surface area contributed by atoms with Crippen LogP contribution in [0.3, 0.4) is 0 Å². The minimum Gasteiger partial charge on any atom is -0.462 e. The van der Waals surface area contributed by atoms with E-state index in [9.17, 15) is 43.2 Å². The molecule has 0 amide bonds. The van der Waals surface area contributed by atoms with Crippen LogP contribution < -0.4 is 0 Å². The normalized spacial score (nSPS) is 14.0. The van der Waals surface area contributed by atoms with E-state index in [4.69, 9.17) is 37.0 Å². The maximum atomic E-state index is 13.1. The maximum absolute atomic E-state index is 13.1. The van der Waals surface area contributed by atoms with Gasteiger partial charge in [-0.3, -0.25) is 37.3 Å². The zero-order valence-corrected chi connectivity index (χ0v) is 65.3. The molecule has 97 heavy (non-hydrogen) atoms. The Kier molecular flexibility index (Phi) is 67.1. The Bertz CT molecular complexity index is 1890. The number of phosphoric ester groups is 2. The molecule has 0 rings (SSSR count). The third-order valence-electron chi connectivity index (χ3n) is 18.1. The number of phosphoric acid groups is 2. The minimum atomic E-state index is -4.96. The summed E-state index contributed by atoms with van der Waals surface area (Å²) in [4.78, 5) is 73.0. The van der Waals surface area contributed by atoms with Gasteiger partial charge < -0.3 is 33.8 Å². The molecular formula is C78H152O17P2. The third-order valence-corrected chi connectivity index (χ3v) is 20.0. The van der Waals surface area contributed by atoms with E-state index in [0.717, 1.165) is 108 Å². The third kappa shape index (κ3) is 72.2. The Morgan fingerprint density at radius 3 is 0.701 bits per heavy atom. The second-order valence-corrected chi connectivity index (χ2v) is 32.4. The average Bonchev–Trinajstić information content (AvgIpc) is 1.19. The van der Waals surface area contributed by atoms with Crippen LogP contribution in [0.1, 0.15) is 402 Å². The van der Waals surface area contributed by atoms with E-state index in [1.165, 1.54) is 212 Å². The van der Waals surface area contributed by atoms with Crippen molar-refractivity contribution in [1.29, 1.82) is 0 Å². The fraction of sp³-hybridized carbons (Fsp3) is 0.949. The van der Waals surface area contributed by atoms with Gasteiger partial charge in [0.15, 0.2) is 12.2 Å². The molecule has 0 saturated carbocycles. The molecule has 576 valence electrons. The van der Waals surface area contributed by atoms with Gasteiger partial charge in [0.1, 0.15) is 19.3 Å². The fourth-order valence-electron chi connectivity index (χ4n) is 12.0. The highest BCUT2D eigenvalue weighted by atomic mass is 31.2. The standard InChI is InChI=1S/C78H152O17P2/c1-8-9-10-11-12-13-14-15-16-17-18-23-33-40-47-54-61-77(82)94-73(65-88-75(80)59-52-45-38-31-24-19-21-28-35-42-49-56-69(2)3)67-92-96(84,85)90-63-72(79)64-91-97(86,87)93-68-74(66-89-76(81)60-53-46-39-32-27-26-30-37-44-51-58-71(6)7)95-78(83)62-55-48-41-34-25-20-22-29-36-43-50-57-70(4)5/h69-74,79H,8-68H2,1-7H3,(H,84,85)(H,86,87)/t72-,73-,74-/m1/s1. The van der Waals surface area contributed by atoms with Crippen molar-refractivity contribution in [3.63, 3.8) is 0 Å². The Balaban J connectivity index is 5.27. The molecule has 17 nitrogen and oxygen atoms in total. The van der Waals surface area contributed by atoms with Gasteiger partial charge in [-0.15, -0.1) is 0 Å². The number of unbranched alkanes of at least 4 members (excludes halogenated alkanes) is 44. The monoisotopic (exact) mass is 1420 g/mol. The van der Waals surface area contributed by atoms with E-state index in [0.29, 0.717) is 25.7 Å². The Morgan fingerprint density at radius 1 is 0.278 bits per heavy atom. The topological polar surface area (TPSA) is 237 Å². The van der Waals surface area contributed by atoms with Crippen molar-refractivity contribution < 1.29 is 80.2 Å². The lowest BCUT2D eigenvalue weighted by Crippen LogP contribution is -2.30. The summed E-state index contributed by atoms with van der Waals surface area (Å²) in [6.07, 6.45) is 55.3. The van der Waals surface area contributed by atoms with Crippen molar-refractivity contribution in [3.8, 4) is 0 Å². The van der Waals surface area contributed by atoms with Crippen molar-refractivity contribution in [2.24, 2.45) is 17.8 Å². The van der Waals surface area contributed by atoms with Crippen LogP contribution in [0.15, 0.2) is 0 Å². The highest BCUT2D eigenvalue weighted by Crippen LogP contribution is 2.45. The number of carbonyl (C=O) groups excluding carboxylic acids is 4. The van der Waals surface area contributed by atoms with Gasteiger partial charge in [0.05, 0.1) is 26.4 Å². The highest BCUT2D eigenvalue weighted by molar-refractivity contribution is 7.47. The predicted octanol–water partition coefficient (Wildman–Crippen LogP) is 23.0. The number of ether oxygens (including phenoxy) is 4. The zero-order valence-electron chi connectivity index (χ0n) is 63.5. The Labute approximate surface area is 594 Å². The van der Waals surface area contributed by atoms with E-state index >= 15 is 0 Å². The molecule has 2 unspecified atom stereocenters. The molecule has 0 aromatic rings. The molecular weight excluding hydrogens is 1270 g/mol. The minimum absolute atomic E-state index is 0.106. The van der Waals surface area contributed by atoms with Crippen LogP contribution in [0.4, 0.5) is 0 Å². The van der Waals surface area contributed by atoms with E-state index in [1.807, 2.05) is 0 Å². The molecule has 3 N–H and O–H groups in total. The van der Waals surface area contributed by atoms with E-state index in [2.05, 4.69) is 48.5 Å². The number of hydrogen-bond acceptors (Lipinski definition) is 15. The van der Waals surface area contributed by atoms with Crippen LogP contribution in [0, 0.1) is 17.8 Å².